The molecule has 0 fully saturated rings. The second-order valence-electron chi connectivity index (χ2n) is 5.83. The van der Waals surface area contributed by atoms with Crippen LogP contribution in [0.2, 0.25) is 0 Å². The Labute approximate surface area is 148 Å². The number of benzene rings is 1. The average molecular weight is 334 g/mol. The van der Waals surface area contributed by atoms with Crippen molar-refractivity contribution >= 4 is 23.0 Å². The zero-order valence-electron chi connectivity index (χ0n) is 14.6. The van der Waals surface area contributed by atoms with Crippen LogP contribution in [0.25, 0.3) is 0 Å². The van der Waals surface area contributed by atoms with Gasteiger partial charge in [0.05, 0.1) is 17.0 Å². The van der Waals surface area contributed by atoms with E-state index in [9.17, 15) is 4.79 Å². The highest BCUT2D eigenvalue weighted by atomic mass is 16.2. The van der Waals surface area contributed by atoms with Crippen molar-refractivity contribution in [2.24, 2.45) is 5.10 Å². The van der Waals surface area contributed by atoms with E-state index < -0.39 is 0 Å². The molecule has 25 heavy (non-hydrogen) atoms. The number of carbonyl (C=O) groups is 1. The molecule has 1 aromatic carbocycles. The molecule has 0 saturated heterocycles. The van der Waals surface area contributed by atoms with Crippen LogP contribution in [0.15, 0.2) is 65.7 Å². The Kier molecular flexibility index (Phi) is 5.23. The predicted octanol–water partition coefficient (Wildman–Crippen LogP) is 4.14. The topological polar surface area (TPSA) is 57.6 Å². The van der Waals surface area contributed by atoms with E-state index in [0.717, 1.165) is 36.3 Å². The molecule has 1 N–H and O–H groups in total. The van der Waals surface area contributed by atoms with Crippen molar-refractivity contribution in [3.63, 3.8) is 0 Å². The molecule has 1 aliphatic rings. The summed E-state index contributed by atoms with van der Waals surface area (Å²) in [5, 5.41) is 9.27. The number of pyridine rings is 1. The molecule has 3 rings (SSSR count). The number of hydrogen-bond acceptors (Lipinski definition) is 4. The quantitative estimate of drug-likeness (QED) is 0.808. The number of carbonyl (C=O) groups excluding carboxylic acids is 1. The van der Waals surface area contributed by atoms with Crippen molar-refractivity contribution in [1.82, 2.24) is 4.98 Å². The fourth-order valence-electron chi connectivity index (χ4n) is 2.80. The Morgan fingerprint density at radius 3 is 2.60 bits per heavy atom. The molecule has 5 nitrogen and oxygen atoms in total. The fraction of sp³-hybridized carbons (Fsp3) is 0.250. The molecule has 0 spiro atoms. The third-order valence-electron chi connectivity index (χ3n) is 4.12. The summed E-state index contributed by atoms with van der Waals surface area (Å²) in [6, 6.07) is 11.7. The van der Waals surface area contributed by atoms with Gasteiger partial charge < -0.3 is 5.32 Å². The van der Waals surface area contributed by atoms with Gasteiger partial charge in [-0.15, -0.1) is 0 Å². The van der Waals surface area contributed by atoms with Gasteiger partial charge in [0.2, 0.25) is 0 Å². The molecular formula is C20H22N4O. The van der Waals surface area contributed by atoms with E-state index in [2.05, 4.69) is 35.3 Å². The summed E-state index contributed by atoms with van der Waals surface area (Å²) in [4.78, 5) is 16.8. The maximum Gasteiger partial charge on any atom is 0.282 e. The number of nitrogens with zero attached hydrogens (tertiary/aromatic N) is 3. The van der Waals surface area contributed by atoms with E-state index in [0.29, 0.717) is 5.57 Å². The van der Waals surface area contributed by atoms with Crippen molar-refractivity contribution in [3.05, 3.63) is 66.1 Å². The van der Waals surface area contributed by atoms with E-state index in [1.54, 1.807) is 30.7 Å². The summed E-state index contributed by atoms with van der Waals surface area (Å²) >= 11 is 0. The van der Waals surface area contributed by atoms with E-state index in [-0.39, 0.29) is 5.91 Å². The molecule has 0 radical (unpaired) electrons. The van der Waals surface area contributed by atoms with Crippen LogP contribution < -0.4 is 10.3 Å². The Morgan fingerprint density at radius 1 is 1.12 bits per heavy atom. The van der Waals surface area contributed by atoms with Crippen LogP contribution in [-0.4, -0.2) is 16.6 Å². The van der Waals surface area contributed by atoms with Gasteiger partial charge in [0.1, 0.15) is 0 Å². The molecule has 2 aromatic rings. The molecule has 0 aliphatic carbocycles. The molecule has 0 atom stereocenters. The van der Waals surface area contributed by atoms with Gasteiger partial charge in [0.25, 0.3) is 5.91 Å². The zero-order valence-corrected chi connectivity index (χ0v) is 14.6. The summed E-state index contributed by atoms with van der Waals surface area (Å²) in [6.45, 7) is 4.20. The first kappa shape index (κ1) is 16.9. The van der Waals surface area contributed by atoms with Gasteiger partial charge >= 0.3 is 0 Å². The largest absolute Gasteiger partial charge is 0.361 e. The number of hydrazone groups is 1. The number of hydrogen-bond donors (Lipinski definition) is 1. The highest BCUT2D eigenvalue weighted by Gasteiger charge is 2.30. The van der Waals surface area contributed by atoms with Gasteiger partial charge in [-0.2, -0.15) is 10.1 Å². The number of aromatic nitrogens is 1. The predicted molar refractivity (Wildman–Crippen MR) is 102 cm³/mol. The van der Waals surface area contributed by atoms with Crippen molar-refractivity contribution in [2.45, 2.75) is 33.1 Å². The molecule has 1 aromatic heterocycles. The van der Waals surface area contributed by atoms with E-state index in [4.69, 9.17) is 0 Å². The molecule has 1 amide bonds. The Hall–Kier alpha value is -2.95. The monoisotopic (exact) mass is 334 g/mol. The molecule has 2 heterocycles. The van der Waals surface area contributed by atoms with Crippen molar-refractivity contribution in [2.75, 3.05) is 10.3 Å². The van der Waals surface area contributed by atoms with Crippen LogP contribution in [0.3, 0.4) is 0 Å². The van der Waals surface area contributed by atoms with Crippen LogP contribution in [0.1, 0.15) is 32.3 Å². The Balaban J connectivity index is 1.89. The lowest BCUT2D eigenvalue weighted by atomic mass is 10.1. The third kappa shape index (κ3) is 3.60. The minimum absolute atomic E-state index is 0.115. The molecule has 5 heteroatoms. The highest BCUT2D eigenvalue weighted by molar-refractivity contribution is 6.30. The second kappa shape index (κ2) is 7.75. The Bertz CT molecular complexity index is 811. The number of amides is 1. The number of para-hydroxylation sites is 1. The van der Waals surface area contributed by atoms with Crippen LogP contribution in [0, 0.1) is 0 Å². The summed E-state index contributed by atoms with van der Waals surface area (Å²) in [5.74, 6) is -0.115. The van der Waals surface area contributed by atoms with Crippen LogP contribution in [-0.2, 0) is 11.2 Å². The minimum Gasteiger partial charge on any atom is -0.361 e. The maximum absolute atomic E-state index is 12.8. The molecule has 1 aliphatic heterocycles. The van der Waals surface area contributed by atoms with E-state index in [1.165, 1.54) is 10.6 Å². The van der Waals surface area contributed by atoms with Crippen molar-refractivity contribution < 1.29 is 4.79 Å². The summed E-state index contributed by atoms with van der Waals surface area (Å²) in [6.07, 6.45) is 7.73. The van der Waals surface area contributed by atoms with E-state index >= 15 is 0 Å². The van der Waals surface area contributed by atoms with Crippen LogP contribution in [0.5, 0.6) is 0 Å². The highest BCUT2D eigenvalue weighted by Crippen LogP contribution is 2.25. The summed E-state index contributed by atoms with van der Waals surface area (Å²) < 4.78 is 0. The minimum atomic E-state index is -0.115. The van der Waals surface area contributed by atoms with Gasteiger partial charge in [0, 0.05) is 24.3 Å². The van der Waals surface area contributed by atoms with Gasteiger partial charge in [-0.25, -0.2) is 0 Å². The summed E-state index contributed by atoms with van der Waals surface area (Å²) in [5.41, 5.74) is 4.38. The normalized spacial score (nSPS) is 15.6. The zero-order chi connectivity index (χ0) is 17.6. The lowest BCUT2D eigenvalue weighted by Crippen LogP contribution is -2.22. The number of anilines is 2. The first-order valence-electron chi connectivity index (χ1n) is 8.61. The lowest BCUT2D eigenvalue weighted by Gasteiger charge is -2.11. The van der Waals surface area contributed by atoms with Crippen molar-refractivity contribution in [1.29, 1.82) is 0 Å². The SMILES string of the molecule is CCCC1=NN(c2ccncc2)C(=O)C1=CNc1ccccc1CC. The van der Waals surface area contributed by atoms with Gasteiger partial charge in [-0.1, -0.05) is 38.5 Å². The molecule has 0 unspecified atom stereocenters. The molecule has 0 bridgehead atoms. The van der Waals surface area contributed by atoms with E-state index in [1.807, 2.05) is 18.2 Å². The van der Waals surface area contributed by atoms with Crippen LogP contribution >= 0.6 is 0 Å². The number of nitrogens with one attached hydrogen (secondary N) is 1. The molecule has 128 valence electrons. The first-order valence-corrected chi connectivity index (χ1v) is 8.61. The third-order valence-corrected chi connectivity index (χ3v) is 4.12. The molecule has 0 saturated carbocycles. The number of rotatable bonds is 6. The second-order valence-corrected chi connectivity index (χ2v) is 5.83. The lowest BCUT2D eigenvalue weighted by molar-refractivity contribution is -0.114. The summed E-state index contributed by atoms with van der Waals surface area (Å²) in [7, 11) is 0. The first-order chi connectivity index (χ1) is 12.2. The maximum atomic E-state index is 12.8. The molecular weight excluding hydrogens is 312 g/mol. The van der Waals surface area contributed by atoms with Gasteiger partial charge in [0.15, 0.2) is 0 Å². The van der Waals surface area contributed by atoms with Crippen molar-refractivity contribution in [3.8, 4) is 0 Å². The van der Waals surface area contributed by atoms with Gasteiger partial charge in [-0.3, -0.25) is 9.78 Å². The average Bonchev–Trinajstić information content (AvgIpc) is 2.97. The number of aryl methyl sites for hydroxylation is 1. The van der Waals surface area contributed by atoms with Crippen LogP contribution in [0.4, 0.5) is 11.4 Å². The standard InChI is InChI=1S/C20H22N4O/c1-3-7-19-17(14-22-18-9-6-5-8-15(18)4-2)20(25)24(23-19)16-10-12-21-13-11-16/h5-6,8-14,22H,3-4,7H2,1-2H3. The fourth-order valence-corrected chi connectivity index (χ4v) is 2.80. The Morgan fingerprint density at radius 2 is 1.88 bits per heavy atom. The van der Waals surface area contributed by atoms with Gasteiger partial charge in [-0.05, 0) is 36.6 Å². The smallest absolute Gasteiger partial charge is 0.282 e.